The summed E-state index contributed by atoms with van der Waals surface area (Å²) < 4.78 is 4.91. The molecule has 0 saturated heterocycles. The molecule has 3 nitrogen and oxygen atoms in total. The number of carbonyl (C=O) groups excluding carboxylic acids is 1. The number of carbonyl (C=O) groups is 1. The highest BCUT2D eigenvalue weighted by Gasteiger charge is 2.22. The van der Waals surface area contributed by atoms with E-state index < -0.39 is 0 Å². The van der Waals surface area contributed by atoms with Gasteiger partial charge in [0.25, 0.3) is 6.47 Å². The molecule has 1 aromatic heterocycles. The molecule has 0 aromatic carbocycles. The molecule has 0 radical (unpaired) electrons. The quantitative estimate of drug-likeness (QED) is 0.609. The summed E-state index contributed by atoms with van der Waals surface area (Å²) in [6.45, 7) is 10.5. The Morgan fingerprint density at radius 1 is 1.53 bits per heavy atom. The van der Waals surface area contributed by atoms with Crippen molar-refractivity contribution in [3.63, 3.8) is 0 Å². The average molecular weight is 207 g/mol. The Hall–Kier alpha value is -1.51. The van der Waals surface area contributed by atoms with Crippen LogP contribution in [0, 0.1) is 0 Å². The van der Waals surface area contributed by atoms with Crippen LogP contribution in [0.5, 0.6) is 5.75 Å². The van der Waals surface area contributed by atoms with Crippen LogP contribution in [0.4, 0.5) is 0 Å². The van der Waals surface area contributed by atoms with Gasteiger partial charge in [-0.25, -0.2) is 0 Å². The second-order valence-corrected chi connectivity index (χ2v) is 4.46. The number of allylic oxidation sites excluding steroid dienone is 1. The van der Waals surface area contributed by atoms with Crippen LogP contribution < -0.4 is 4.74 Å². The summed E-state index contributed by atoms with van der Waals surface area (Å²) in [4.78, 5) is 13.5. The van der Waals surface area contributed by atoms with Gasteiger partial charge >= 0.3 is 0 Å². The van der Waals surface area contributed by atoms with E-state index in [9.17, 15) is 4.79 Å². The van der Waals surface area contributed by atoms with Gasteiger partial charge in [-0.15, -0.1) is 6.58 Å². The molecule has 0 aliphatic carbocycles. The third-order valence-electron chi connectivity index (χ3n) is 2.22. The molecule has 0 saturated carbocycles. The number of hydrogen-bond acceptors (Lipinski definition) is 2. The molecular formula is C12H17NO2. The molecule has 0 bridgehead atoms. The lowest BCUT2D eigenvalue weighted by Gasteiger charge is -2.19. The van der Waals surface area contributed by atoms with Crippen molar-refractivity contribution in [1.82, 2.24) is 4.98 Å². The maximum atomic E-state index is 10.3. The third-order valence-corrected chi connectivity index (χ3v) is 2.22. The van der Waals surface area contributed by atoms with Crippen LogP contribution >= 0.6 is 0 Å². The highest BCUT2D eigenvalue weighted by molar-refractivity contribution is 5.50. The smallest absolute Gasteiger partial charge is 0.298 e. The molecule has 0 aliphatic rings. The fourth-order valence-corrected chi connectivity index (χ4v) is 1.61. The van der Waals surface area contributed by atoms with E-state index in [1.165, 1.54) is 0 Å². The molecule has 82 valence electrons. The van der Waals surface area contributed by atoms with Gasteiger partial charge in [0.2, 0.25) is 0 Å². The number of aromatic nitrogens is 1. The largest absolute Gasteiger partial charge is 0.427 e. The summed E-state index contributed by atoms with van der Waals surface area (Å²) in [5.41, 5.74) is 2.09. The van der Waals surface area contributed by atoms with Crippen LogP contribution in [0.2, 0.25) is 0 Å². The van der Waals surface area contributed by atoms with E-state index in [2.05, 4.69) is 32.3 Å². The van der Waals surface area contributed by atoms with E-state index in [0.29, 0.717) is 18.6 Å². The molecule has 0 aliphatic heterocycles. The molecule has 0 atom stereocenters. The Labute approximate surface area is 90.1 Å². The van der Waals surface area contributed by atoms with Crippen molar-refractivity contribution in [2.75, 3.05) is 0 Å². The second-order valence-electron chi connectivity index (χ2n) is 4.46. The van der Waals surface area contributed by atoms with Crippen molar-refractivity contribution in [3.8, 4) is 5.75 Å². The highest BCUT2D eigenvalue weighted by atomic mass is 16.5. The zero-order chi connectivity index (χ0) is 11.5. The van der Waals surface area contributed by atoms with Gasteiger partial charge in [-0.05, 0) is 6.42 Å². The average Bonchev–Trinajstić information content (AvgIpc) is 2.49. The lowest BCUT2D eigenvalue weighted by Crippen LogP contribution is -2.14. The first-order valence-electron chi connectivity index (χ1n) is 4.92. The Kier molecular flexibility index (Phi) is 3.35. The zero-order valence-corrected chi connectivity index (χ0v) is 9.46. The van der Waals surface area contributed by atoms with Gasteiger partial charge in [-0.3, -0.25) is 4.79 Å². The first kappa shape index (κ1) is 11.6. The van der Waals surface area contributed by atoms with Crippen molar-refractivity contribution in [2.45, 2.75) is 32.6 Å². The van der Waals surface area contributed by atoms with Crippen LogP contribution in [-0.4, -0.2) is 11.5 Å². The first-order chi connectivity index (χ1) is 7.00. The van der Waals surface area contributed by atoms with Crippen molar-refractivity contribution < 1.29 is 9.53 Å². The normalized spacial score (nSPS) is 11.1. The van der Waals surface area contributed by atoms with Gasteiger partial charge in [-0.1, -0.05) is 26.8 Å². The van der Waals surface area contributed by atoms with Crippen LogP contribution in [0.3, 0.4) is 0 Å². The molecule has 1 N–H and O–H groups in total. The van der Waals surface area contributed by atoms with Gasteiger partial charge in [0.15, 0.2) is 5.75 Å². The maximum Gasteiger partial charge on any atom is 0.298 e. The highest BCUT2D eigenvalue weighted by Crippen LogP contribution is 2.31. The minimum atomic E-state index is 0.00282. The minimum absolute atomic E-state index is 0.00282. The number of aromatic amines is 1. The number of hydrogen-bond donors (Lipinski definition) is 1. The number of H-pyrrole nitrogens is 1. The Balaban J connectivity index is 3.16. The predicted molar refractivity (Wildman–Crippen MR) is 60.1 cm³/mol. The monoisotopic (exact) mass is 207 g/mol. The second kappa shape index (κ2) is 4.34. The van der Waals surface area contributed by atoms with E-state index in [-0.39, 0.29) is 5.41 Å². The van der Waals surface area contributed by atoms with Gasteiger partial charge < -0.3 is 9.72 Å². The third kappa shape index (κ3) is 2.49. The van der Waals surface area contributed by atoms with E-state index in [4.69, 9.17) is 4.74 Å². The molecule has 15 heavy (non-hydrogen) atoms. The fraction of sp³-hybridized carbons (Fsp3) is 0.417. The van der Waals surface area contributed by atoms with E-state index in [0.717, 1.165) is 11.3 Å². The van der Waals surface area contributed by atoms with Crippen LogP contribution in [-0.2, 0) is 16.6 Å². The summed E-state index contributed by atoms with van der Waals surface area (Å²) in [6.07, 6.45) is 4.21. The maximum absolute atomic E-state index is 10.3. The molecular weight excluding hydrogens is 190 g/mol. The standard InChI is InChI=1S/C12H17NO2/c1-5-6-9-10(15-8-14)7-13-11(9)12(2,3)4/h5,7-8,13H,1,6H2,2-4H3. The summed E-state index contributed by atoms with van der Waals surface area (Å²) in [5, 5.41) is 0. The van der Waals surface area contributed by atoms with Gasteiger partial charge in [0, 0.05) is 22.9 Å². The molecule has 0 amide bonds. The van der Waals surface area contributed by atoms with Crippen molar-refractivity contribution in [3.05, 3.63) is 30.1 Å². The van der Waals surface area contributed by atoms with Crippen molar-refractivity contribution >= 4 is 6.47 Å². The van der Waals surface area contributed by atoms with Crippen LogP contribution in [0.25, 0.3) is 0 Å². The Morgan fingerprint density at radius 3 is 2.67 bits per heavy atom. The zero-order valence-electron chi connectivity index (χ0n) is 9.46. The summed E-state index contributed by atoms with van der Waals surface area (Å²) in [6, 6.07) is 0. The molecule has 1 aromatic rings. The number of ether oxygens (including phenoxy) is 1. The lowest BCUT2D eigenvalue weighted by atomic mass is 9.88. The van der Waals surface area contributed by atoms with Gasteiger partial charge in [0.05, 0.1) is 0 Å². The Bertz CT molecular complexity index is 358. The molecule has 0 spiro atoms. The van der Waals surface area contributed by atoms with Crippen LogP contribution in [0.15, 0.2) is 18.9 Å². The summed E-state index contributed by atoms with van der Waals surface area (Å²) in [7, 11) is 0. The van der Waals surface area contributed by atoms with E-state index >= 15 is 0 Å². The van der Waals surface area contributed by atoms with E-state index in [1.807, 2.05) is 0 Å². The molecule has 3 heteroatoms. The topological polar surface area (TPSA) is 42.1 Å². The van der Waals surface area contributed by atoms with E-state index in [1.54, 1.807) is 12.3 Å². The van der Waals surface area contributed by atoms with Crippen molar-refractivity contribution in [1.29, 1.82) is 0 Å². The molecule has 1 heterocycles. The number of rotatable bonds is 4. The minimum Gasteiger partial charge on any atom is -0.427 e. The molecule has 0 unspecified atom stereocenters. The lowest BCUT2D eigenvalue weighted by molar-refractivity contribution is -0.120. The van der Waals surface area contributed by atoms with Gasteiger partial charge in [0.1, 0.15) is 0 Å². The predicted octanol–water partition coefficient (Wildman–Crippen LogP) is 2.58. The van der Waals surface area contributed by atoms with Gasteiger partial charge in [-0.2, -0.15) is 0 Å². The fourth-order valence-electron chi connectivity index (χ4n) is 1.61. The number of nitrogens with one attached hydrogen (secondary N) is 1. The van der Waals surface area contributed by atoms with Crippen LogP contribution in [0.1, 0.15) is 32.0 Å². The Morgan fingerprint density at radius 2 is 2.20 bits per heavy atom. The summed E-state index contributed by atoms with van der Waals surface area (Å²) in [5.74, 6) is 0.592. The SMILES string of the molecule is C=CCc1c(OC=O)c[nH]c1C(C)(C)C. The first-order valence-corrected chi connectivity index (χ1v) is 4.92. The molecule has 1 rings (SSSR count). The summed E-state index contributed by atoms with van der Waals surface area (Å²) >= 11 is 0. The van der Waals surface area contributed by atoms with Crippen molar-refractivity contribution in [2.24, 2.45) is 0 Å². The molecule has 0 fully saturated rings.